The molecule has 1 atom stereocenters. The van der Waals surface area contributed by atoms with Gasteiger partial charge in [0.1, 0.15) is 5.82 Å². The summed E-state index contributed by atoms with van der Waals surface area (Å²) < 4.78 is 13.6. The van der Waals surface area contributed by atoms with E-state index in [1.807, 2.05) is 19.2 Å². The summed E-state index contributed by atoms with van der Waals surface area (Å²) in [6.45, 7) is 6.49. The van der Waals surface area contributed by atoms with E-state index >= 15 is 0 Å². The fraction of sp³-hybridized carbons (Fsp3) is 0.538. The van der Waals surface area contributed by atoms with E-state index in [4.69, 9.17) is 0 Å². The zero-order chi connectivity index (χ0) is 11.5. The van der Waals surface area contributed by atoms with Crippen LogP contribution in [0.2, 0.25) is 0 Å². The monoisotopic (exact) mass is 209 g/mol. The van der Waals surface area contributed by atoms with Gasteiger partial charge in [0.2, 0.25) is 0 Å². The standard InChI is InChI=1S/C13H20FN/c1-13(2,3)9-12(15-4)10-7-5-6-8-11(10)14/h5-8,12,15H,9H2,1-4H3. The first kappa shape index (κ1) is 12.2. The van der Waals surface area contributed by atoms with Gasteiger partial charge in [-0.2, -0.15) is 0 Å². The maximum Gasteiger partial charge on any atom is 0.127 e. The third kappa shape index (κ3) is 3.63. The summed E-state index contributed by atoms with van der Waals surface area (Å²) in [6.07, 6.45) is 0.921. The van der Waals surface area contributed by atoms with Crippen molar-refractivity contribution in [2.75, 3.05) is 7.05 Å². The molecule has 1 nitrogen and oxygen atoms in total. The van der Waals surface area contributed by atoms with E-state index in [2.05, 4.69) is 26.1 Å². The smallest absolute Gasteiger partial charge is 0.127 e. The summed E-state index contributed by atoms with van der Waals surface area (Å²) in [5.74, 6) is -0.124. The van der Waals surface area contributed by atoms with Crippen LogP contribution in [0.5, 0.6) is 0 Å². The Morgan fingerprint density at radius 2 is 1.87 bits per heavy atom. The Kier molecular flexibility index (Phi) is 3.86. The molecule has 0 bridgehead atoms. The van der Waals surface area contributed by atoms with Gasteiger partial charge >= 0.3 is 0 Å². The quantitative estimate of drug-likeness (QED) is 0.803. The highest BCUT2D eigenvalue weighted by Crippen LogP contribution is 2.30. The number of nitrogens with one attached hydrogen (secondary N) is 1. The molecule has 0 amide bonds. The summed E-state index contributed by atoms with van der Waals surface area (Å²) >= 11 is 0. The minimum absolute atomic E-state index is 0.0891. The molecule has 1 aromatic rings. The summed E-state index contributed by atoms with van der Waals surface area (Å²) in [5, 5.41) is 3.18. The SMILES string of the molecule is CNC(CC(C)(C)C)c1ccccc1F. The van der Waals surface area contributed by atoms with Crippen molar-refractivity contribution < 1.29 is 4.39 Å². The molecule has 1 N–H and O–H groups in total. The molecule has 0 saturated heterocycles. The lowest BCUT2D eigenvalue weighted by molar-refractivity contribution is 0.316. The van der Waals surface area contributed by atoms with E-state index in [0.29, 0.717) is 0 Å². The molecule has 0 radical (unpaired) electrons. The van der Waals surface area contributed by atoms with E-state index in [1.54, 1.807) is 6.07 Å². The Balaban J connectivity index is 2.88. The van der Waals surface area contributed by atoms with Crippen molar-refractivity contribution in [1.29, 1.82) is 0 Å². The van der Waals surface area contributed by atoms with Crippen LogP contribution in [0, 0.1) is 11.2 Å². The fourth-order valence-electron chi connectivity index (χ4n) is 1.74. The Morgan fingerprint density at radius 1 is 1.27 bits per heavy atom. The zero-order valence-electron chi connectivity index (χ0n) is 9.97. The van der Waals surface area contributed by atoms with Crippen molar-refractivity contribution in [3.63, 3.8) is 0 Å². The van der Waals surface area contributed by atoms with E-state index in [0.717, 1.165) is 12.0 Å². The Hall–Kier alpha value is -0.890. The van der Waals surface area contributed by atoms with Crippen LogP contribution in [0.15, 0.2) is 24.3 Å². The Morgan fingerprint density at radius 3 is 2.33 bits per heavy atom. The van der Waals surface area contributed by atoms with Crippen LogP contribution in [0.1, 0.15) is 38.8 Å². The van der Waals surface area contributed by atoms with Crippen LogP contribution in [0.3, 0.4) is 0 Å². The molecular weight excluding hydrogens is 189 g/mol. The molecular formula is C13H20FN. The van der Waals surface area contributed by atoms with Gasteiger partial charge in [-0.25, -0.2) is 4.39 Å². The maximum atomic E-state index is 13.6. The number of hydrogen-bond acceptors (Lipinski definition) is 1. The van der Waals surface area contributed by atoms with Crippen LogP contribution >= 0.6 is 0 Å². The second-order valence-electron chi connectivity index (χ2n) is 5.13. The Labute approximate surface area is 91.7 Å². The van der Waals surface area contributed by atoms with Crippen molar-refractivity contribution in [3.8, 4) is 0 Å². The van der Waals surface area contributed by atoms with Crippen LogP contribution < -0.4 is 5.32 Å². The molecule has 84 valence electrons. The second kappa shape index (κ2) is 4.75. The molecule has 0 aliphatic heterocycles. The van der Waals surface area contributed by atoms with E-state index in [-0.39, 0.29) is 17.3 Å². The van der Waals surface area contributed by atoms with Crippen molar-refractivity contribution in [2.45, 2.75) is 33.2 Å². The normalized spacial score (nSPS) is 13.9. The van der Waals surface area contributed by atoms with Gasteiger partial charge in [0.15, 0.2) is 0 Å². The van der Waals surface area contributed by atoms with Gasteiger partial charge in [0, 0.05) is 11.6 Å². The maximum absolute atomic E-state index is 13.6. The van der Waals surface area contributed by atoms with Crippen molar-refractivity contribution in [1.82, 2.24) is 5.32 Å². The van der Waals surface area contributed by atoms with E-state index in [1.165, 1.54) is 6.07 Å². The molecule has 0 aliphatic rings. The molecule has 0 fully saturated rings. The summed E-state index contributed by atoms with van der Waals surface area (Å²) in [7, 11) is 1.88. The summed E-state index contributed by atoms with van der Waals surface area (Å²) in [5.41, 5.74) is 0.950. The molecule has 0 aromatic heterocycles. The average molecular weight is 209 g/mol. The summed E-state index contributed by atoms with van der Waals surface area (Å²) in [4.78, 5) is 0. The first-order chi connectivity index (χ1) is 6.94. The molecule has 1 unspecified atom stereocenters. The average Bonchev–Trinajstić information content (AvgIpc) is 2.14. The molecule has 0 aliphatic carbocycles. The highest BCUT2D eigenvalue weighted by molar-refractivity contribution is 5.21. The molecule has 2 heteroatoms. The predicted octanol–water partition coefficient (Wildman–Crippen LogP) is 3.52. The van der Waals surface area contributed by atoms with Gasteiger partial charge < -0.3 is 5.32 Å². The predicted molar refractivity (Wildman–Crippen MR) is 62.3 cm³/mol. The highest BCUT2D eigenvalue weighted by atomic mass is 19.1. The lowest BCUT2D eigenvalue weighted by atomic mass is 9.85. The first-order valence-electron chi connectivity index (χ1n) is 5.36. The van der Waals surface area contributed by atoms with Crippen molar-refractivity contribution in [2.24, 2.45) is 5.41 Å². The number of halogens is 1. The molecule has 0 heterocycles. The van der Waals surface area contributed by atoms with Crippen LogP contribution in [0.25, 0.3) is 0 Å². The number of hydrogen-bond donors (Lipinski definition) is 1. The fourth-order valence-corrected chi connectivity index (χ4v) is 1.74. The number of rotatable bonds is 3. The Bertz CT molecular complexity index is 315. The van der Waals surface area contributed by atoms with Gasteiger partial charge in [-0.3, -0.25) is 0 Å². The van der Waals surface area contributed by atoms with Crippen molar-refractivity contribution >= 4 is 0 Å². The third-order valence-corrected chi connectivity index (χ3v) is 2.45. The lowest BCUT2D eigenvalue weighted by Crippen LogP contribution is -2.23. The lowest BCUT2D eigenvalue weighted by Gasteiger charge is -2.26. The molecule has 0 saturated carbocycles. The van der Waals surface area contributed by atoms with E-state index in [9.17, 15) is 4.39 Å². The topological polar surface area (TPSA) is 12.0 Å². The minimum Gasteiger partial charge on any atom is -0.313 e. The molecule has 1 rings (SSSR count). The first-order valence-corrected chi connectivity index (χ1v) is 5.36. The largest absolute Gasteiger partial charge is 0.313 e. The minimum atomic E-state index is -0.124. The zero-order valence-corrected chi connectivity index (χ0v) is 9.97. The number of benzene rings is 1. The highest BCUT2D eigenvalue weighted by Gasteiger charge is 2.20. The van der Waals surface area contributed by atoms with Crippen LogP contribution in [-0.2, 0) is 0 Å². The van der Waals surface area contributed by atoms with Crippen molar-refractivity contribution in [3.05, 3.63) is 35.6 Å². The van der Waals surface area contributed by atoms with Gasteiger partial charge in [-0.1, -0.05) is 39.0 Å². The van der Waals surface area contributed by atoms with Gasteiger partial charge in [-0.05, 0) is 24.9 Å². The second-order valence-corrected chi connectivity index (χ2v) is 5.13. The van der Waals surface area contributed by atoms with Crippen LogP contribution in [0.4, 0.5) is 4.39 Å². The van der Waals surface area contributed by atoms with Crippen LogP contribution in [-0.4, -0.2) is 7.05 Å². The van der Waals surface area contributed by atoms with Gasteiger partial charge in [0.05, 0.1) is 0 Å². The van der Waals surface area contributed by atoms with E-state index < -0.39 is 0 Å². The third-order valence-electron chi connectivity index (χ3n) is 2.45. The van der Waals surface area contributed by atoms with Gasteiger partial charge in [0.25, 0.3) is 0 Å². The molecule has 1 aromatic carbocycles. The molecule has 0 spiro atoms. The van der Waals surface area contributed by atoms with Gasteiger partial charge in [-0.15, -0.1) is 0 Å². The molecule has 15 heavy (non-hydrogen) atoms. The summed E-state index contributed by atoms with van der Waals surface area (Å²) in [6, 6.07) is 7.06.